The van der Waals surface area contributed by atoms with Crippen molar-refractivity contribution in [2.75, 3.05) is 13.1 Å². The Balaban J connectivity index is 2.48. The molecular formula is C15H24N2O. The third-order valence-electron chi connectivity index (χ3n) is 3.10. The SMILES string of the molecule is Cc1ccc(C(=O)NCC(C)(C)CCCN)cc1. The Hall–Kier alpha value is -1.35. The van der Waals surface area contributed by atoms with Gasteiger partial charge in [-0.25, -0.2) is 0 Å². The van der Waals surface area contributed by atoms with E-state index in [9.17, 15) is 4.79 Å². The normalized spacial score (nSPS) is 11.3. The molecule has 1 rings (SSSR count). The maximum absolute atomic E-state index is 11.9. The Morgan fingerprint density at radius 2 is 1.89 bits per heavy atom. The van der Waals surface area contributed by atoms with Crippen LogP contribution in [0, 0.1) is 12.3 Å². The van der Waals surface area contributed by atoms with Crippen molar-refractivity contribution in [2.24, 2.45) is 11.1 Å². The largest absolute Gasteiger partial charge is 0.352 e. The molecule has 0 aromatic heterocycles. The second-order valence-electron chi connectivity index (χ2n) is 5.61. The molecular weight excluding hydrogens is 224 g/mol. The molecule has 0 atom stereocenters. The van der Waals surface area contributed by atoms with Gasteiger partial charge in [0.15, 0.2) is 0 Å². The summed E-state index contributed by atoms with van der Waals surface area (Å²) in [4.78, 5) is 11.9. The monoisotopic (exact) mass is 248 g/mol. The number of amides is 1. The van der Waals surface area contributed by atoms with E-state index < -0.39 is 0 Å². The van der Waals surface area contributed by atoms with Crippen molar-refractivity contribution < 1.29 is 4.79 Å². The number of aryl methyl sites for hydroxylation is 1. The molecule has 0 bridgehead atoms. The molecule has 0 aliphatic rings. The summed E-state index contributed by atoms with van der Waals surface area (Å²) in [5.41, 5.74) is 7.49. The van der Waals surface area contributed by atoms with Crippen LogP contribution in [-0.2, 0) is 0 Å². The zero-order valence-corrected chi connectivity index (χ0v) is 11.6. The Bertz CT molecular complexity index is 382. The zero-order chi connectivity index (χ0) is 13.6. The smallest absolute Gasteiger partial charge is 0.251 e. The first-order valence-electron chi connectivity index (χ1n) is 6.49. The van der Waals surface area contributed by atoms with E-state index in [-0.39, 0.29) is 11.3 Å². The Kier molecular flexibility index (Phi) is 5.35. The lowest BCUT2D eigenvalue weighted by atomic mass is 9.87. The van der Waals surface area contributed by atoms with Gasteiger partial charge in [-0.2, -0.15) is 0 Å². The highest BCUT2D eigenvalue weighted by Crippen LogP contribution is 2.20. The van der Waals surface area contributed by atoms with Crippen LogP contribution in [0.2, 0.25) is 0 Å². The molecule has 0 radical (unpaired) electrons. The maximum Gasteiger partial charge on any atom is 0.251 e. The van der Waals surface area contributed by atoms with Crippen LogP contribution in [0.15, 0.2) is 24.3 Å². The van der Waals surface area contributed by atoms with Gasteiger partial charge in [0.2, 0.25) is 0 Å². The fourth-order valence-electron chi connectivity index (χ4n) is 1.80. The number of nitrogens with two attached hydrogens (primary N) is 1. The minimum absolute atomic E-state index is 0.00387. The van der Waals surface area contributed by atoms with Gasteiger partial charge in [-0.15, -0.1) is 0 Å². The molecule has 0 aliphatic heterocycles. The van der Waals surface area contributed by atoms with E-state index >= 15 is 0 Å². The van der Waals surface area contributed by atoms with Gasteiger partial charge in [0, 0.05) is 12.1 Å². The van der Waals surface area contributed by atoms with Crippen LogP contribution < -0.4 is 11.1 Å². The van der Waals surface area contributed by atoms with Crippen LogP contribution in [0.3, 0.4) is 0 Å². The molecule has 0 saturated carbocycles. The van der Waals surface area contributed by atoms with Gasteiger partial charge in [-0.1, -0.05) is 31.5 Å². The van der Waals surface area contributed by atoms with Crippen LogP contribution in [-0.4, -0.2) is 19.0 Å². The van der Waals surface area contributed by atoms with Gasteiger partial charge in [-0.3, -0.25) is 4.79 Å². The van der Waals surface area contributed by atoms with Crippen LogP contribution in [0.25, 0.3) is 0 Å². The zero-order valence-electron chi connectivity index (χ0n) is 11.6. The summed E-state index contributed by atoms with van der Waals surface area (Å²) >= 11 is 0. The van der Waals surface area contributed by atoms with Crippen molar-refractivity contribution >= 4 is 5.91 Å². The van der Waals surface area contributed by atoms with E-state index in [1.165, 1.54) is 0 Å². The third kappa shape index (κ3) is 4.88. The van der Waals surface area contributed by atoms with E-state index in [0.29, 0.717) is 13.1 Å². The summed E-state index contributed by atoms with van der Waals surface area (Å²) in [5, 5.41) is 2.99. The van der Waals surface area contributed by atoms with Crippen molar-refractivity contribution in [3.63, 3.8) is 0 Å². The molecule has 3 nitrogen and oxygen atoms in total. The lowest BCUT2D eigenvalue weighted by molar-refractivity contribution is 0.0934. The van der Waals surface area contributed by atoms with Gasteiger partial charge in [0.05, 0.1) is 0 Å². The van der Waals surface area contributed by atoms with E-state index in [2.05, 4.69) is 19.2 Å². The maximum atomic E-state index is 11.9. The van der Waals surface area contributed by atoms with Gasteiger partial charge in [0.25, 0.3) is 5.91 Å². The van der Waals surface area contributed by atoms with Crippen LogP contribution in [0.5, 0.6) is 0 Å². The Labute approximate surface area is 110 Å². The molecule has 18 heavy (non-hydrogen) atoms. The molecule has 3 N–H and O–H groups in total. The summed E-state index contributed by atoms with van der Waals surface area (Å²) in [5.74, 6) is -0.00387. The minimum atomic E-state index is -0.00387. The molecule has 1 amide bonds. The average Bonchev–Trinajstić information content (AvgIpc) is 2.35. The molecule has 0 spiro atoms. The fraction of sp³-hybridized carbons (Fsp3) is 0.533. The van der Waals surface area contributed by atoms with Crippen LogP contribution >= 0.6 is 0 Å². The topological polar surface area (TPSA) is 55.1 Å². The third-order valence-corrected chi connectivity index (χ3v) is 3.10. The second kappa shape index (κ2) is 6.55. The van der Waals surface area contributed by atoms with E-state index in [4.69, 9.17) is 5.73 Å². The average molecular weight is 248 g/mol. The van der Waals surface area contributed by atoms with Crippen molar-refractivity contribution in [3.8, 4) is 0 Å². The summed E-state index contributed by atoms with van der Waals surface area (Å²) in [7, 11) is 0. The highest BCUT2D eigenvalue weighted by atomic mass is 16.1. The van der Waals surface area contributed by atoms with E-state index in [1.54, 1.807) is 0 Å². The quantitative estimate of drug-likeness (QED) is 0.812. The molecule has 0 saturated heterocycles. The number of rotatable bonds is 6. The molecule has 1 aromatic rings. The molecule has 0 fully saturated rings. The summed E-state index contributed by atoms with van der Waals surface area (Å²) < 4.78 is 0. The fourth-order valence-corrected chi connectivity index (χ4v) is 1.80. The van der Waals surface area contributed by atoms with Gasteiger partial charge < -0.3 is 11.1 Å². The van der Waals surface area contributed by atoms with Crippen molar-refractivity contribution in [3.05, 3.63) is 35.4 Å². The summed E-state index contributed by atoms with van der Waals surface area (Å²) in [6, 6.07) is 7.62. The first kappa shape index (κ1) is 14.7. The standard InChI is InChI=1S/C15H24N2O/c1-12-5-7-13(8-6-12)14(18)17-11-15(2,3)9-4-10-16/h5-8H,4,9-11,16H2,1-3H3,(H,17,18). The predicted molar refractivity (Wildman–Crippen MR) is 75.6 cm³/mol. The predicted octanol–water partition coefficient (Wildman–Crippen LogP) is 2.49. The van der Waals surface area contributed by atoms with Gasteiger partial charge in [-0.05, 0) is 43.9 Å². The van der Waals surface area contributed by atoms with Gasteiger partial charge in [0.1, 0.15) is 0 Å². The van der Waals surface area contributed by atoms with E-state index in [1.807, 2.05) is 31.2 Å². The number of carbonyl (C=O) groups excluding carboxylic acids is 1. The molecule has 0 aliphatic carbocycles. The van der Waals surface area contributed by atoms with E-state index in [0.717, 1.165) is 24.0 Å². The highest BCUT2D eigenvalue weighted by Gasteiger charge is 2.18. The van der Waals surface area contributed by atoms with Crippen LogP contribution in [0.1, 0.15) is 42.6 Å². The Morgan fingerprint density at radius 1 is 1.28 bits per heavy atom. The summed E-state index contributed by atoms with van der Waals surface area (Å²) in [6.07, 6.45) is 2.02. The number of carbonyl (C=O) groups is 1. The van der Waals surface area contributed by atoms with Crippen molar-refractivity contribution in [1.82, 2.24) is 5.32 Å². The number of nitrogens with one attached hydrogen (secondary N) is 1. The van der Waals surface area contributed by atoms with Crippen LogP contribution in [0.4, 0.5) is 0 Å². The Morgan fingerprint density at radius 3 is 2.44 bits per heavy atom. The molecule has 3 heteroatoms. The molecule has 0 unspecified atom stereocenters. The van der Waals surface area contributed by atoms with Gasteiger partial charge >= 0.3 is 0 Å². The lowest BCUT2D eigenvalue weighted by Crippen LogP contribution is -2.34. The number of benzene rings is 1. The molecule has 1 aromatic carbocycles. The number of hydrogen-bond acceptors (Lipinski definition) is 2. The second-order valence-corrected chi connectivity index (χ2v) is 5.61. The molecule has 0 heterocycles. The number of hydrogen-bond donors (Lipinski definition) is 2. The molecule has 100 valence electrons. The summed E-state index contributed by atoms with van der Waals surface area (Å²) in [6.45, 7) is 7.70. The lowest BCUT2D eigenvalue weighted by Gasteiger charge is -2.24. The van der Waals surface area contributed by atoms with Crippen molar-refractivity contribution in [2.45, 2.75) is 33.6 Å². The van der Waals surface area contributed by atoms with Crippen molar-refractivity contribution in [1.29, 1.82) is 0 Å². The highest BCUT2D eigenvalue weighted by molar-refractivity contribution is 5.94. The first-order chi connectivity index (χ1) is 8.44. The first-order valence-corrected chi connectivity index (χ1v) is 6.49. The minimum Gasteiger partial charge on any atom is -0.352 e.